The van der Waals surface area contributed by atoms with Gasteiger partial charge in [0.25, 0.3) is 11.8 Å². The minimum Gasteiger partial charge on any atom is -0.388 e. The van der Waals surface area contributed by atoms with Crippen molar-refractivity contribution in [3.63, 3.8) is 0 Å². The number of H-pyrrole nitrogens is 1. The van der Waals surface area contributed by atoms with Gasteiger partial charge < -0.3 is 20.7 Å². The van der Waals surface area contributed by atoms with Crippen LogP contribution in [0.2, 0.25) is 0 Å². The van der Waals surface area contributed by atoms with Gasteiger partial charge in [-0.05, 0) is 36.8 Å². The zero-order chi connectivity index (χ0) is 17.4. The van der Waals surface area contributed by atoms with Crippen LogP contribution in [0.5, 0.6) is 0 Å². The highest BCUT2D eigenvalue weighted by atomic mass is 16.3. The average molecular weight is 336 g/mol. The molecule has 1 atom stereocenters. The Hall–Kier alpha value is -3.19. The minimum absolute atomic E-state index is 0.246. The summed E-state index contributed by atoms with van der Waals surface area (Å²) in [6.07, 6.45) is 2.85. The van der Waals surface area contributed by atoms with Crippen LogP contribution in [0, 0.1) is 0 Å². The molecule has 1 unspecified atom stereocenters. The molecule has 3 aromatic rings. The van der Waals surface area contributed by atoms with Crippen molar-refractivity contribution < 1.29 is 14.7 Å². The quantitative estimate of drug-likeness (QED) is 0.574. The van der Waals surface area contributed by atoms with Gasteiger partial charge in [0.2, 0.25) is 0 Å². The van der Waals surface area contributed by atoms with E-state index in [2.05, 4.69) is 20.6 Å². The molecular formula is C18H16N4O3. The summed E-state index contributed by atoms with van der Waals surface area (Å²) in [6, 6.07) is 8.59. The molecule has 0 saturated carbocycles. The Morgan fingerprint density at radius 3 is 3.00 bits per heavy atom. The molecule has 0 radical (unpaired) electrons. The fourth-order valence-corrected chi connectivity index (χ4v) is 3.07. The van der Waals surface area contributed by atoms with Gasteiger partial charge in [-0.2, -0.15) is 0 Å². The number of aromatic amines is 1. The SMILES string of the molecule is O=C(Nc1cccnc1)c1ccc2[nH]c3c(c2c1)C(O)CCNC3=O. The number of benzene rings is 1. The van der Waals surface area contributed by atoms with Crippen LogP contribution in [0.1, 0.15) is 38.9 Å². The molecule has 3 heterocycles. The molecule has 4 N–H and O–H groups in total. The lowest BCUT2D eigenvalue weighted by atomic mass is 10.0. The van der Waals surface area contributed by atoms with Crippen molar-refractivity contribution in [2.45, 2.75) is 12.5 Å². The third-order valence-corrected chi connectivity index (χ3v) is 4.28. The van der Waals surface area contributed by atoms with Gasteiger partial charge in [0.1, 0.15) is 5.69 Å². The molecule has 1 aromatic carbocycles. The van der Waals surface area contributed by atoms with E-state index >= 15 is 0 Å². The first-order valence-corrected chi connectivity index (χ1v) is 7.97. The van der Waals surface area contributed by atoms with Crippen molar-refractivity contribution in [1.29, 1.82) is 0 Å². The Labute approximate surface area is 143 Å². The molecule has 1 aliphatic rings. The van der Waals surface area contributed by atoms with Crippen LogP contribution in [0.3, 0.4) is 0 Å². The Morgan fingerprint density at radius 2 is 2.20 bits per heavy atom. The molecule has 2 aromatic heterocycles. The van der Waals surface area contributed by atoms with E-state index in [0.29, 0.717) is 46.4 Å². The Morgan fingerprint density at radius 1 is 1.32 bits per heavy atom. The number of hydrogen-bond donors (Lipinski definition) is 4. The largest absolute Gasteiger partial charge is 0.388 e. The van der Waals surface area contributed by atoms with Crippen molar-refractivity contribution in [1.82, 2.24) is 15.3 Å². The van der Waals surface area contributed by atoms with Crippen LogP contribution >= 0.6 is 0 Å². The number of carbonyl (C=O) groups excluding carboxylic acids is 2. The summed E-state index contributed by atoms with van der Waals surface area (Å²) in [6.45, 7) is 0.408. The molecular weight excluding hydrogens is 320 g/mol. The smallest absolute Gasteiger partial charge is 0.268 e. The van der Waals surface area contributed by atoms with Gasteiger partial charge in [0, 0.05) is 34.8 Å². The fourth-order valence-electron chi connectivity index (χ4n) is 3.07. The van der Waals surface area contributed by atoms with E-state index in [9.17, 15) is 14.7 Å². The van der Waals surface area contributed by atoms with Crippen LogP contribution < -0.4 is 10.6 Å². The number of nitrogens with one attached hydrogen (secondary N) is 3. The van der Waals surface area contributed by atoms with Gasteiger partial charge >= 0.3 is 0 Å². The number of pyridine rings is 1. The highest BCUT2D eigenvalue weighted by Crippen LogP contribution is 2.32. The number of fused-ring (bicyclic) bond motifs is 3. The lowest BCUT2D eigenvalue weighted by Gasteiger charge is -2.08. The standard InChI is InChI=1S/C18H16N4O3/c23-14-5-7-20-18(25)16-15(14)12-8-10(3-4-13(12)22-16)17(24)21-11-2-1-6-19-9-11/h1-4,6,8-9,14,22-23H,5,7H2,(H,20,25)(H,21,24). The molecule has 0 fully saturated rings. The summed E-state index contributed by atoms with van der Waals surface area (Å²) >= 11 is 0. The van der Waals surface area contributed by atoms with Crippen molar-refractivity contribution in [3.8, 4) is 0 Å². The molecule has 0 spiro atoms. The first kappa shape index (κ1) is 15.3. The highest BCUT2D eigenvalue weighted by molar-refractivity contribution is 6.08. The molecule has 126 valence electrons. The maximum Gasteiger partial charge on any atom is 0.268 e. The second-order valence-corrected chi connectivity index (χ2v) is 5.93. The maximum atomic E-state index is 12.5. The van der Waals surface area contributed by atoms with Gasteiger partial charge in [-0.3, -0.25) is 14.6 Å². The van der Waals surface area contributed by atoms with Crippen molar-refractivity contribution in [2.24, 2.45) is 0 Å². The number of rotatable bonds is 2. The minimum atomic E-state index is -0.765. The zero-order valence-electron chi connectivity index (χ0n) is 13.2. The highest BCUT2D eigenvalue weighted by Gasteiger charge is 2.26. The predicted molar refractivity (Wildman–Crippen MR) is 92.4 cm³/mol. The van der Waals surface area contributed by atoms with E-state index in [1.807, 2.05) is 0 Å². The molecule has 7 heteroatoms. The normalized spacial score (nSPS) is 16.8. The van der Waals surface area contributed by atoms with E-state index in [0.717, 1.165) is 0 Å². The average Bonchev–Trinajstić information content (AvgIpc) is 2.94. The number of nitrogens with zero attached hydrogens (tertiary/aromatic N) is 1. The summed E-state index contributed by atoms with van der Waals surface area (Å²) in [4.78, 5) is 31.6. The topological polar surface area (TPSA) is 107 Å². The van der Waals surface area contributed by atoms with Crippen LogP contribution in [-0.2, 0) is 0 Å². The molecule has 2 amide bonds. The molecule has 0 bridgehead atoms. The van der Waals surface area contributed by atoms with Gasteiger partial charge in [-0.15, -0.1) is 0 Å². The number of aromatic nitrogens is 2. The van der Waals surface area contributed by atoms with Gasteiger partial charge in [-0.1, -0.05) is 0 Å². The second-order valence-electron chi connectivity index (χ2n) is 5.93. The van der Waals surface area contributed by atoms with E-state index in [1.54, 1.807) is 42.7 Å². The van der Waals surface area contributed by atoms with Crippen molar-refractivity contribution in [3.05, 3.63) is 59.5 Å². The molecule has 0 aliphatic carbocycles. The summed E-state index contributed by atoms with van der Waals surface area (Å²) in [5.74, 6) is -0.526. The number of hydrogen-bond acceptors (Lipinski definition) is 4. The number of carbonyl (C=O) groups is 2. The lowest BCUT2D eigenvalue weighted by molar-refractivity contribution is 0.0950. The molecule has 1 aliphatic heterocycles. The third-order valence-electron chi connectivity index (χ3n) is 4.28. The Balaban J connectivity index is 1.75. The second kappa shape index (κ2) is 6.03. The van der Waals surface area contributed by atoms with Crippen LogP contribution in [0.15, 0.2) is 42.7 Å². The van der Waals surface area contributed by atoms with E-state index in [-0.39, 0.29) is 11.8 Å². The van der Waals surface area contributed by atoms with Crippen LogP contribution in [-0.4, -0.2) is 33.4 Å². The zero-order valence-corrected chi connectivity index (χ0v) is 13.2. The fraction of sp³-hybridized carbons (Fsp3) is 0.167. The summed E-state index contributed by atoms with van der Waals surface area (Å²) in [5, 5.41) is 16.6. The Kier molecular flexibility index (Phi) is 3.70. The predicted octanol–water partition coefficient (Wildman–Crippen LogP) is 1.98. The van der Waals surface area contributed by atoms with Crippen molar-refractivity contribution >= 4 is 28.4 Å². The molecule has 25 heavy (non-hydrogen) atoms. The lowest BCUT2D eigenvalue weighted by Crippen LogP contribution is -2.23. The van der Waals surface area contributed by atoms with Crippen LogP contribution in [0.4, 0.5) is 5.69 Å². The van der Waals surface area contributed by atoms with Gasteiger partial charge in [0.15, 0.2) is 0 Å². The summed E-state index contributed by atoms with van der Waals surface area (Å²) < 4.78 is 0. The summed E-state index contributed by atoms with van der Waals surface area (Å²) in [5.41, 5.74) is 2.64. The maximum absolute atomic E-state index is 12.5. The van der Waals surface area contributed by atoms with E-state index in [1.165, 1.54) is 0 Å². The van der Waals surface area contributed by atoms with Gasteiger partial charge in [-0.25, -0.2) is 0 Å². The number of aliphatic hydroxyl groups excluding tert-OH is 1. The monoisotopic (exact) mass is 336 g/mol. The first-order chi connectivity index (χ1) is 12.1. The molecule has 7 nitrogen and oxygen atoms in total. The van der Waals surface area contributed by atoms with Gasteiger partial charge in [0.05, 0.1) is 18.0 Å². The number of anilines is 1. The Bertz CT molecular complexity index is 965. The van der Waals surface area contributed by atoms with Crippen molar-refractivity contribution in [2.75, 3.05) is 11.9 Å². The number of amides is 2. The molecule has 4 rings (SSSR count). The first-order valence-electron chi connectivity index (χ1n) is 7.97. The third kappa shape index (κ3) is 2.74. The van der Waals surface area contributed by atoms with Crippen LogP contribution in [0.25, 0.3) is 10.9 Å². The molecule has 0 saturated heterocycles. The number of aliphatic hydroxyl groups is 1. The van der Waals surface area contributed by atoms with E-state index in [4.69, 9.17) is 0 Å². The van der Waals surface area contributed by atoms with E-state index < -0.39 is 6.10 Å². The summed E-state index contributed by atoms with van der Waals surface area (Å²) in [7, 11) is 0.